The molecule has 0 unspecified atom stereocenters. The maximum atomic E-state index is 11.8. The van der Waals surface area contributed by atoms with E-state index in [0.717, 1.165) is 51.4 Å². The minimum absolute atomic E-state index is 0.129. The zero-order valence-corrected chi connectivity index (χ0v) is 14.8. The Morgan fingerprint density at radius 3 is 2.52 bits per heavy atom. The number of nitrogens with one attached hydrogen (secondary N) is 3. The van der Waals surface area contributed by atoms with Crippen molar-refractivity contribution in [2.45, 2.75) is 64.3 Å². The van der Waals surface area contributed by atoms with E-state index in [1.54, 1.807) is 7.05 Å². The van der Waals surface area contributed by atoms with Crippen molar-refractivity contribution in [1.29, 1.82) is 0 Å². The van der Waals surface area contributed by atoms with Crippen molar-refractivity contribution in [2.24, 2.45) is 4.99 Å². The molecule has 1 amide bonds. The van der Waals surface area contributed by atoms with Crippen LogP contribution >= 0.6 is 0 Å². The second-order valence-corrected chi connectivity index (χ2v) is 6.04. The summed E-state index contributed by atoms with van der Waals surface area (Å²) >= 11 is 0. The van der Waals surface area contributed by atoms with Gasteiger partial charge in [-0.25, -0.2) is 0 Å². The summed E-state index contributed by atoms with van der Waals surface area (Å²) in [5, 5.41) is 9.50. The van der Waals surface area contributed by atoms with Crippen LogP contribution in [0.15, 0.2) is 4.99 Å². The van der Waals surface area contributed by atoms with E-state index in [1.165, 1.54) is 19.3 Å². The van der Waals surface area contributed by atoms with Gasteiger partial charge in [-0.3, -0.25) is 9.79 Å². The Hall–Kier alpha value is -1.30. The van der Waals surface area contributed by atoms with E-state index in [4.69, 9.17) is 4.74 Å². The quantitative estimate of drug-likeness (QED) is 0.307. The summed E-state index contributed by atoms with van der Waals surface area (Å²) in [6.07, 6.45) is 8.46. The molecule has 1 aliphatic carbocycles. The van der Waals surface area contributed by atoms with Crippen molar-refractivity contribution in [1.82, 2.24) is 16.0 Å². The minimum atomic E-state index is 0.129. The summed E-state index contributed by atoms with van der Waals surface area (Å²) in [5.74, 6) is 0.872. The highest BCUT2D eigenvalue weighted by molar-refractivity contribution is 5.81. The molecule has 1 saturated carbocycles. The Morgan fingerprint density at radius 1 is 1.13 bits per heavy atom. The Morgan fingerprint density at radius 2 is 1.83 bits per heavy atom. The fourth-order valence-corrected chi connectivity index (χ4v) is 2.61. The third-order valence-corrected chi connectivity index (χ3v) is 3.99. The summed E-state index contributed by atoms with van der Waals surface area (Å²) in [6, 6.07) is 0.396. The predicted octanol–water partition coefficient (Wildman–Crippen LogP) is 1.81. The van der Waals surface area contributed by atoms with E-state index in [2.05, 4.69) is 27.9 Å². The number of guanidine groups is 1. The number of carbonyl (C=O) groups excluding carboxylic acids is 1. The molecule has 134 valence electrons. The van der Waals surface area contributed by atoms with Crippen LogP contribution in [0.3, 0.4) is 0 Å². The average Bonchev–Trinajstić information content (AvgIpc) is 3.05. The van der Waals surface area contributed by atoms with Gasteiger partial charge >= 0.3 is 0 Å². The van der Waals surface area contributed by atoms with Gasteiger partial charge in [0, 0.05) is 45.8 Å². The Labute approximate surface area is 140 Å². The van der Waals surface area contributed by atoms with Crippen LogP contribution in [0.1, 0.15) is 58.3 Å². The monoisotopic (exact) mass is 326 g/mol. The van der Waals surface area contributed by atoms with E-state index in [9.17, 15) is 4.79 Å². The van der Waals surface area contributed by atoms with Gasteiger partial charge in [0.1, 0.15) is 0 Å². The molecule has 6 heteroatoms. The lowest BCUT2D eigenvalue weighted by molar-refractivity contribution is -0.121. The second kappa shape index (κ2) is 13.2. The molecule has 0 aliphatic heterocycles. The van der Waals surface area contributed by atoms with Crippen molar-refractivity contribution in [3.63, 3.8) is 0 Å². The summed E-state index contributed by atoms with van der Waals surface area (Å²) in [6.45, 7) is 5.20. The van der Waals surface area contributed by atoms with Crippen LogP contribution in [0.4, 0.5) is 0 Å². The molecule has 0 bridgehead atoms. The lowest BCUT2D eigenvalue weighted by atomic mass is 10.2. The van der Waals surface area contributed by atoms with E-state index >= 15 is 0 Å². The molecule has 0 aromatic carbocycles. The third kappa shape index (κ3) is 10.2. The van der Waals surface area contributed by atoms with Gasteiger partial charge in [-0.05, 0) is 25.7 Å². The molecule has 23 heavy (non-hydrogen) atoms. The maximum absolute atomic E-state index is 11.8. The lowest BCUT2D eigenvalue weighted by Crippen LogP contribution is -2.40. The first-order chi connectivity index (χ1) is 11.3. The van der Waals surface area contributed by atoms with Crippen LogP contribution in [-0.2, 0) is 9.53 Å². The highest BCUT2D eigenvalue weighted by Gasteiger charge is 2.16. The number of amides is 1. The molecular weight excluding hydrogens is 292 g/mol. The van der Waals surface area contributed by atoms with Gasteiger partial charge < -0.3 is 20.7 Å². The maximum Gasteiger partial charge on any atom is 0.221 e. The molecule has 0 atom stereocenters. The third-order valence-electron chi connectivity index (χ3n) is 3.99. The molecule has 0 saturated heterocycles. The predicted molar refractivity (Wildman–Crippen MR) is 94.7 cm³/mol. The van der Waals surface area contributed by atoms with Crippen LogP contribution < -0.4 is 16.0 Å². The molecule has 1 rings (SSSR count). The van der Waals surface area contributed by atoms with Gasteiger partial charge in [-0.15, -0.1) is 0 Å². The van der Waals surface area contributed by atoms with Gasteiger partial charge in [0.05, 0.1) is 0 Å². The topological polar surface area (TPSA) is 74.8 Å². The van der Waals surface area contributed by atoms with Crippen molar-refractivity contribution < 1.29 is 9.53 Å². The van der Waals surface area contributed by atoms with E-state index < -0.39 is 0 Å². The fourth-order valence-electron chi connectivity index (χ4n) is 2.61. The summed E-state index contributed by atoms with van der Waals surface area (Å²) in [5.41, 5.74) is 0. The van der Waals surface area contributed by atoms with E-state index in [0.29, 0.717) is 19.0 Å². The summed E-state index contributed by atoms with van der Waals surface area (Å²) < 4.78 is 5.51. The molecule has 1 aliphatic rings. The van der Waals surface area contributed by atoms with E-state index in [1.807, 2.05) is 0 Å². The van der Waals surface area contributed by atoms with Gasteiger partial charge in [0.2, 0.25) is 5.91 Å². The van der Waals surface area contributed by atoms with Crippen molar-refractivity contribution in [3.8, 4) is 0 Å². The van der Waals surface area contributed by atoms with Gasteiger partial charge in [0.15, 0.2) is 5.96 Å². The fraction of sp³-hybridized carbons (Fsp3) is 0.882. The van der Waals surface area contributed by atoms with Crippen molar-refractivity contribution in [3.05, 3.63) is 0 Å². The number of ether oxygens (including phenoxy) is 1. The zero-order chi connectivity index (χ0) is 16.8. The molecule has 0 aromatic rings. The first-order valence-electron chi connectivity index (χ1n) is 9.08. The molecule has 1 fully saturated rings. The second-order valence-electron chi connectivity index (χ2n) is 6.04. The number of hydrogen-bond donors (Lipinski definition) is 3. The molecule has 3 N–H and O–H groups in total. The highest BCUT2D eigenvalue weighted by atomic mass is 16.5. The van der Waals surface area contributed by atoms with Gasteiger partial charge in [0.25, 0.3) is 0 Å². The molecule has 0 spiro atoms. The van der Waals surface area contributed by atoms with Crippen LogP contribution in [0.25, 0.3) is 0 Å². The molecule has 6 nitrogen and oxygen atoms in total. The van der Waals surface area contributed by atoms with Crippen LogP contribution in [0.2, 0.25) is 0 Å². The standard InChI is InChI=1S/C17H34N4O2/c1-3-4-13-23-14-7-11-19-17(18-2)20-12-10-16(22)21-15-8-5-6-9-15/h15H,3-14H2,1-2H3,(H,21,22)(H2,18,19,20). The van der Waals surface area contributed by atoms with Crippen LogP contribution in [-0.4, -0.2) is 51.3 Å². The SMILES string of the molecule is CCCCOCCCNC(=NC)NCCC(=O)NC1CCCC1. The summed E-state index contributed by atoms with van der Waals surface area (Å²) in [4.78, 5) is 16.0. The molecule has 0 radical (unpaired) electrons. The number of hydrogen-bond acceptors (Lipinski definition) is 3. The normalized spacial score (nSPS) is 15.7. The Bertz CT molecular complexity index is 341. The number of carbonyl (C=O) groups is 1. The van der Waals surface area contributed by atoms with Crippen molar-refractivity contribution in [2.75, 3.05) is 33.4 Å². The zero-order valence-electron chi connectivity index (χ0n) is 14.8. The van der Waals surface area contributed by atoms with Crippen LogP contribution in [0.5, 0.6) is 0 Å². The number of aliphatic imine (C=N–C) groups is 1. The Balaban J connectivity index is 1.99. The lowest BCUT2D eigenvalue weighted by Gasteiger charge is -2.14. The van der Waals surface area contributed by atoms with E-state index in [-0.39, 0.29) is 5.91 Å². The van der Waals surface area contributed by atoms with Gasteiger partial charge in [-0.2, -0.15) is 0 Å². The summed E-state index contributed by atoms with van der Waals surface area (Å²) in [7, 11) is 1.74. The van der Waals surface area contributed by atoms with Crippen LogP contribution in [0, 0.1) is 0 Å². The smallest absolute Gasteiger partial charge is 0.221 e. The molecule has 0 aromatic heterocycles. The number of unbranched alkanes of at least 4 members (excludes halogenated alkanes) is 1. The first-order valence-corrected chi connectivity index (χ1v) is 9.08. The minimum Gasteiger partial charge on any atom is -0.381 e. The average molecular weight is 326 g/mol. The largest absolute Gasteiger partial charge is 0.381 e. The molecule has 0 heterocycles. The number of rotatable bonds is 11. The Kier molecular flexibility index (Phi) is 11.3. The number of nitrogens with zero attached hydrogens (tertiary/aromatic N) is 1. The molecular formula is C17H34N4O2. The van der Waals surface area contributed by atoms with Gasteiger partial charge in [-0.1, -0.05) is 26.2 Å². The first kappa shape index (κ1) is 19.7. The highest BCUT2D eigenvalue weighted by Crippen LogP contribution is 2.17. The van der Waals surface area contributed by atoms with Crippen molar-refractivity contribution >= 4 is 11.9 Å².